The van der Waals surface area contributed by atoms with Crippen molar-refractivity contribution < 1.29 is 19.5 Å². The molecule has 2 atom stereocenters. The fourth-order valence-electron chi connectivity index (χ4n) is 2.50. The van der Waals surface area contributed by atoms with Gasteiger partial charge in [-0.1, -0.05) is 30.7 Å². The average Bonchev–Trinajstić information content (AvgIpc) is 3.03. The molecule has 1 aliphatic rings. The first kappa shape index (κ1) is 18.6. The second-order valence-corrected chi connectivity index (χ2v) is 6.88. The molecule has 0 aliphatic carbocycles. The van der Waals surface area contributed by atoms with Gasteiger partial charge in [0, 0.05) is 17.2 Å². The van der Waals surface area contributed by atoms with Gasteiger partial charge in [-0.15, -0.1) is 11.8 Å². The van der Waals surface area contributed by atoms with Crippen molar-refractivity contribution in [2.75, 3.05) is 11.6 Å². The van der Waals surface area contributed by atoms with Crippen LogP contribution in [0.1, 0.15) is 31.4 Å². The van der Waals surface area contributed by atoms with Crippen LogP contribution in [-0.2, 0) is 14.4 Å². The lowest BCUT2D eigenvalue weighted by atomic mass is 10.0. The van der Waals surface area contributed by atoms with E-state index in [1.807, 2.05) is 0 Å². The minimum atomic E-state index is -1.02. The summed E-state index contributed by atoms with van der Waals surface area (Å²) in [5.74, 6) is -0.435. The van der Waals surface area contributed by atoms with Gasteiger partial charge in [-0.05, 0) is 17.7 Å². The van der Waals surface area contributed by atoms with Crippen LogP contribution in [0.25, 0.3) is 0 Å². The zero-order valence-corrected chi connectivity index (χ0v) is 14.8. The Balaban J connectivity index is 2.13. The van der Waals surface area contributed by atoms with Crippen molar-refractivity contribution in [1.82, 2.24) is 10.2 Å². The van der Waals surface area contributed by atoms with Crippen molar-refractivity contribution in [3.05, 3.63) is 34.9 Å². The molecule has 1 aromatic rings. The molecule has 6 nitrogen and oxygen atoms in total. The van der Waals surface area contributed by atoms with Gasteiger partial charge < -0.3 is 15.3 Å². The summed E-state index contributed by atoms with van der Waals surface area (Å²) in [5, 5.41) is 12.4. The van der Waals surface area contributed by atoms with Crippen LogP contribution in [0.2, 0.25) is 5.02 Å². The summed E-state index contributed by atoms with van der Waals surface area (Å²) in [4.78, 5) is 37.2. The minimum absolute atomic E-state index is 0.0820. The highest BCUT2D eigenvalue weighted by Crippen LogP contribution is 2.24. The van der Waals surface area contributed by atoms with E-state index in [4.69, 9.17) is 16.7 Å². The Bertz CT molecular complexity index is 623. The van der Waals surface area contributed by atoms with E-state index in [1.165, 1.54) is 11.8 Å². The number of amides is 2. The Hall–Kier alpha value is -1.73. The molecule has 1 unspecified atom stereocenters. The van der Waals surface area contributed by atoms with E-state index in [0.717, 1.165) is 0 Å². The van der Waals surface area contributed by atoms with Gasteiger partial charge in [-0.2, -0.15) is 0 Å². The summed E-state index contributed by atoms with van der Waals surface area (Å²) >= 11 is 7.36. The SMILES string of the molecule is CCC(=O)N1CSCC1C(=O)N[C@@H](CC(=O)O)c1ccc(Cl)cc1. The molecule has 1 saturated heterocycles. The molecule has 2 amide bonds. The Kier molecular flexibility index (Phi) is 6.51. The molecule has 0 saturated carbocycles. The van der Waals surface area contributed by atoms with E-state index in [2.05, 4.69) is 5.32 Å². The summed E-state index contributed by atoms with van der Waals surface area (Å²) in [6.07, 6.45) is 0.0923. The maximum atomic E-state index is 12.6. The number of nitrogens with zero attached hydrogens (tertiary/aromatic N) is 1. The molecule has 0 radical (unpaired) electrons. The quantitative estimate of drug-likeness (QED) is 0.802. The summed E-state index contributed by atoms with van der Waals surface area (Å²) < 4.78 is 0. The maximum Gasteiger partial charge on any atom is 0.305 e. The number of nitrogens with one attached hydrogen (secondary N) is 1. The van der Waals surface area contributed by atoms with Crippen LogP contribution in [0.5, 0.6) is 0 Å². The summed E-state index contributed by atoms with van der Waals surface area (Å²) in [6.45, 7) is 1.75. The van der Waals surface area contributed by atoms with Gasteiger partial charge in [0.2, 0.25) is 11.8 Å². The van der Waals surface area contributed by atoms with Gasteiger partial charge in [0.05, 0.1) is 18.3 Å². The fourth-order valence-corrected chi connectivity index (χ4v) is 3.81. The number of benzene rings is 1. The summed E-state index contributed by atoms with van der Waals surface area (Å²) in [7, 11) is 0. The van der Waals surface area contributed by atoms with Gasteiger partial charge in [-0.3, -0.25) is 14.4 Å². The molecule has 1 fully saturated rings. The van der Waals surface area contributed by atoms with Crippen molar-refractivity contribution in [1.29, 1.82) is 0 Å². The molecule has 0 spiro atoms. The van der Waals surface area contributed by atoms with Crippen LogP contribution in [-0.4, -0.2) is 45.5 Å². The smallest absolute Gasteiger partial charge is 0.305 e. The topological polar surface area (TPSA) is 86.7 Å². The van der Waals surface area contributed by atoms with Crippen LogP contribution in [0.4, 0.5) is 0 Å². The van der Waals surface area contributed by atoms with E-state index in [-0.39, 0.29) is 18.2 Å². The van der Waals surface area contributed by atoms with E-state index in [9.17, 15) is 14.4 Å². The number of halogens is 1. The second kappa shape index (κ2) is 8.39. The van der Waals surface area contributed by atoms with Gasteiger partial charge in [-0.25, -0.2) is 0 Å². The minimum Gasteiger partial charge on any atom is -0.481 e. The number of rotatable bonds is 6. The van der Waals surface area contributed by atoms with Crippen LogP contribution in [0.3, 0.4) is 0 Å². The Labute approximate surface area is 149 Å². The monoisotopic (exact) mass is 370 g/mol. The number of hydrogen-bond acceptors (Lipinski definition) is 4. The van der Waals surface area contributed by atoms with Crippen molar-refractivity contribution in [2.45, 2.75) is 31.8 Å². The molecule has 130 valence electrons. The van der Waals surface area contributed by atoms with Crippen molar-refractivity contribution in [2.24, 2.45) is 0 Å². The molecule has 0 bridgehead atoms. The fraction of sp³-hybridized carbons (Fsp3) is 0.438. The number of hydrogen-bond donors (Lipinski definition) is 2. The number of thioether (sulfide) groups is 1. The van der Waals surface area contributed by atoms with E-state index in [1.54, 1.807) is 36.1 Å². The molecule has 24 heavy (non-hydrogen) atoms. The molecular weight excluding hydrogens is 352 g/mol. The van der Waals surface area contributed by atoms with Crippen molar-refractivity contribution >= 4 is 41.1 Å². The molecule has 2 rings (SSSR count). The normalized spacial score (nSPS) is 18.2. The maximum absolute atomic E-state index is 12.6. The highest BCUT2D eigenvalue weighted by atomic mass is 35.5. The van der Waals surface area contributed by atoms with Gasteiger partial charge in [0.1, 0.15) is 6.04 Å². The second-order valence-electron chi connectivity index (χ2n) is 5.44. The Morgan fingerprint density at radius 3 is 2.62 bits per heavy atom. The molecule has 1 aliphatic heterocycles. The van der Waals surface area contributed by atoms with Gasteiger partial charge in [0.25, 0.3) is 0 Å². The number of aliphatic carboxylic acids is 1. The number of carbonyl (C=O) groups is 3. The lowest BCUT2D eigenvalue weighted by Crippen LogP contribution is -2.48. The van der Waals surface area contributed by atoms with Crippen LogP contribution < -0.4 is 5.32 Å². The predicted molar refractivity (Wildman–Crippen MR) is 92.8 cm³/mol. The van der Waals surface area contributed by atoms with Gasteiger partial charge in [0.15, 0.2) is 0 Å². The number of carboxylic acid groups (broad SMARTS) is 1. The van der Waals surface area contributed by atoms with E-state index < -0.39 is 18.1 Å². The van der Waals surface area contributed by atoms with Crippen molar-refractivity contribution in [3.63, 3.8) is 0 Å². The van der Waals surface area contributed by atoms with Crippen LogP contribution >= 0.6 is 23.4 Å². The zero-order valence-electron chi connectivity index (χ0n) is 13.2. The van der Waals surface area contributed by atoms with E-state index in [0.29, 0.717) is 28.6 Å². The molecule has 8 heteroatoms. The van der Waals surface area contributed by atoms with Gasteiger partial charge >= 0.3 is 5.97 Å². The molecule has 0 aromatic heterocycles. The largest absolute Gasteiger partial charge is 0.481 e. The first-order chi connectivity index (χ1) is 11.4. The molecular formula is C16H19ClN2O4S. The zero-order chi connectivity index (χ0) is 17.7. The Morgan fingerprint density at radius 1 is 1.38 bits per heavy atom. The lowest BCUT2D eigenvalue weighted by Gasteiger charge is -2.25. The molecule has 1 aromatic carbocycles. The third-order valence-corrected chi connectivity index (χ3v) is 5.04. The third kappa shape index (κ3) is 4.64. The van der Waals surface area contributed by atoms with Crippen molar-refractivity contribution in [3.8, 4) is 0 Å². The lowest BCUT2D eigenvalue weighted by molar-refractivity contribution is -0.140. The molecule has 2 N–H and O–H groups in total. The summed E-state index contributed by atoms with van der Waals surface area (Å²) in [5.41, 5.74) is 0.661. The highest BCUT2D eigenvalue weighted by molar-refractivity contribution is 7.99. The van der Waals surface area contributed by atoms with Crippen LogP contribution in [0, 0.1) is 0 Å². The van der Waals surface area contributed by atoms with E-state index >= 15 is 0 Å². The first-order valence-corrected chi connectivity index (χ1v) is 9.10. The highest BCUT2D eigenvalue weighted by Gasteiger charge is 2.35. The number of carboxylic acids is 1. The third-order valence-electron chi connectivity index (χ3n) is 3.78. The first-order valence-electron chi connectivity index (χ1n) is 7.57. The van der Waals surface area contributed by atoms with Crippen LogP contribution in [0.15, 0.2) is 24.3 Å². The molecule has 1 heterocycles. The summed E-state index contributed by atoms with van der Waals surface area (Å²) in [6, 6.07) is 5.44. The average molecular weight is 371 g/mol. The Morgan fingerprint density at radius 2 is 2.04 bits per heavy atom. The number of carbonyl (C=O) groups excluding carboxylic acids is 2. The predicted octanol–water partition coefficient (Wildman–Crippen LogP) is 2.28. The standard InChI is InChI=1S/C16H19ClN2O4S/c1-2-14(20)19-9-24-8-13(19)16(23)18-12(7-15(21)22)10-3-5-11(17)6-4-10/h3-6,12-13H,2,7-9H2,1H3,(H,18,23)(H,21,22)/t12-,13?/m0/s1.